The van der Waals surface area contributed by atoms with Gasteiger partial charge in [-0.3, -0.25) is 4.79 Å². The lowest BCUT2D eigenvalue weighted by Gasteiger charge is -2.33. The zero-order valence-electron chi connectivity index (χ0n) is 17.3. The van der Waals surface area contributed by atoms with Crippen LogP contribution in [0.15, 0.2) is 36.0 Å². The number of anilines is 1. The molecule has 30 heavy (non-hydrogen) atoms. The van der Waals surface area contributed by atoms with Gasteiger partial charge in [-0.05, 0) is 37.5 Å². The highest BCUT2D eigenvalue weighted by Crippen LogP contribution is 2.35. The lowest BCUT2D eigenvalue weighted by atomic mass is 9.90. The van der Waals surface area contributed by atoms with Crippen LogP contribution in [-0.4, -0.2) is 52.9 Å². The molecule has 0 spiro atoms. The zero-order valence-corrected chi connectivity index (χ0v) is 18.9. The van der Waals surface area contributed by atoms with E-state index >= 15 is 0 Å². The van der Waals surface area contributed by atoms with E-state index in [4.69, 9.17) is 16.6 Å². The fourth-order valence-corrected chi connectivity index (χ4v) is 4.69. The van der Waals surface area contributed by atoms with Gasteiger partial charge in [0.1, 0.15) is 4.88 Å². The smallest absolute Gasteiger partial charge is 0.265 e. The highest BCUT2D eigenvalue weighted by Gasteiger charge is 2.30. The Morgan fingerprint density at radius 3 is 2.67 bits per heavy atom. The number of hydrogen-bond acceptors (Lipinski definition) is 6. The highest BCUT2D eigenvalue weighted by molar-refractivity contribution is 7.11. The Morgan fingerprint density at radius 2 is 2.00 bits per heavy atom. The van der Waals surface area contributed by atoms with Gasteiger partial charge in [0.25, 0.3) is 5.91 Å². The van der Waals surface area contributed by atoms with E-state index in [0.717, 1.165) is 46.8 Å². The number of carbonyl (C=O) groups is 1. The van der Waals surface area contributed by atoms with Crippen LogP contribution in [0.1, 0.15) is 39.8 Å². The number of aromatic nitrogens is 3. The van der Waals surface area contributed by atoms with E-state index in [1.807, 2.05) is 61.3 Å². The van der Waals surface area contributed by atoms with Crippen molar-refractivity contribution in [2.45, 2.75) is 25.7 Å². The van der Waals surface area contributed by atoms with E-state index in [-0.39, 0.29) is 11.8 Å². The summed E-state index contributed by atoms with van der Waals surface area (Å²) in [6.45, 7) is 3.28. The number of hydrogen-bond donors (Lipinski definition) is 0. The fourth-order valence-electron chi connectivity index (χ4n) is 3.80. The van der Waals surface area contributed by atoms with Crippen molar-refractivity contribution >= 4 is 34.8 Å². The number of piperidine rings is 1. The van der Waals surface area contributed by atoms with E-state index in [1.165, 1.54) is 11.3 Å². The summed E-state index contributed by atoms with van der Waals surface area (Å²) in [5, 5.41) is 0.695. The zero-order chi connectivity index (χ0) is 21.3. The minimum Gasteiger partial charge on any atom is -0.347 e. The molecule has 1 saturated heterocycles. The minimum absolute atomic E-state index is 0.0645. The monoisotopic (exact) mass is 441 g/mol. The third-order valence-corrected chi connectivity index (χ3v) is 6.56. The van der Waals surface area contributed by atoms with Gasteiger partial charge in [-0.1, -0.05) is 23.7 Å². The van der Waals surface area contributed by atoms with Crippen molar-refractivity contribution in [3.8, 4) is 11.1 Å². The molecule has 2 aromatic heterocycles. The van der Waals surface area contributed by atoms with Crippen molar-refractivity contribution in [1.29, 1.82) is 0 Å². The van der Waals surface area contributed by atoms with Crippen molar-refractivity contribution < 1.29 is 4.79 Å². The molecule has 1 aliphatic heterocycles. The number of halogens is 1. The Labute approximate surface area is 185 Å². The van der Waals surface area contributed by atoms with Crippen LogP contribution in [-0.2, 0) is 0 Å². The summed E-state index contributed by atoms with van der Waals surface area (Å²) in [6.07, 6.45) is 3.81. The normalized spacial score (nSPS) is 16.5. The summed E-state index contributed by atoms with van der Waals surface area (Å²) >= 11 is 7.49. The molecule has 1 aliphatic rings. The quantitative estimate of drug-likeness (QED) is 0.589. The summed E-state index contributed by atoms with van der Waals surface area (Å²) in [4.78, 5) is 31.3. The first-order valence-electron chi connectivity index (χ1n) is 9.93. The van der Waals surface area contributed by atoms with E-state index in [2.05, 4.69) is 9.97 Å². The van der Waals surface area contributed by atoms with Gasteiger partial charge in [0.2, 0.25) is 5.95 Å². The number of nitrogens with zero attached hydrogens (tertiary/aromatic N) is 5. The Bertz CT molecular complexity index is 1050. The van der Waals surface area contributed by atoms with Crippen LogP contribution >= 0.6 is 22.9 Å². The first-order chi connectivity index (χ1) is 14.4. The second-order valence-corrected chi connectivity index (χ2v) is 9.02. The van der Waals surface area contributed by atoms with Crippen LogP contribution in [0.3, 0.4) is 0 Å². The maximum absolute atomic E-state index is 13.1. The van der Waals surface area contributed by atoms with Gasteiger partial charge < -0.3 is 9.80 Å². The molecule has 6 nitrogen and oxygen atoms in total. The maximum Gasteiger partial charge on any atom is 0.265 e. The van der Waals surface area contributed by atoms with Crippen molar-refractivity contribution in [1.82, 2.24) is 19.9 Å². The molecule has 0 N–H and O–H groups in total. The van der Waals surface area contributed by atoms with Crippen molar-refractivity contribution in [2.24, 2.45) is 0 Å². The first-order valence-corrected chi connectivity index (χ1v) is 11.2. The molecule has 8 heteroatoms. The van der Waals surface area contributed by atoms with Gasteiger partial charge in [0.15, 0.2) is 0 Å². The lowest BCUT2D eigenvalue weighted by Crippen LogP contribution is -2.39. The second-order valence-electron chi connectivity index (χ2n) is 7.73. The molecule has 0 radical (unpaired) electrons. The number of rotatable bonds is 4. The molecule has 0 bridgehead atoms. The molecular weight excluding hydrogens is 418 g/mol. The number of aryl methyl sites for hydroxylation is 1. The van der Waals surface area contributed by atoms with Crippen LogP contribution in [0.25, 0.3) is 11.1 Å². The summed E-state index contributed by atoms with van der Waals surface area (Å²) in [5.74, 6) is 0.877. The second kappa shape index (κ2) is 8.70. The van der Waals surface area contributed by atoms with Gasteiger partial charge in [-0.15, -0.1) is 11.3 Å². The SMILES string of the molecule is Cc1ncsc1C(=O)N1CCC[C@@H](c2nc(N(C)C)ncc2-c2ccc(Cl)cc2)C1. The highest BCUT2D eigenvalue weighted by atomic mass is 35.5. The van der Waals surface area contributed by atoms with Crippen LogP contribution in [0, 0.1) is 6.92 Å². The molecular formula is C22H24ClN5OS. The summed E-state index contributed by atoms with van der Waals surface area (Å²) in [5.41, 5.74) is 5.53. The van der Waals surface area contributed by atoms with Crippen molar-refractivity contribution in [2.75, 3.05) is 32.1 Å². The molecule has 1 atom stereocenters. The lowest BCUT2D eigenvalue weighted by molar-refractivity contribution is 0.0710. The number of thiazole rings is 1. The maximum atomic E-state index is 13.1. The Kier molecular flexibility index (Phi) is 6.01. The van der Waals surface area contributed by atoms with Crippen LogP contribution in [0.4, 0.5) is 5.95 Å². The topological polar surface area (TPSA) is 62.2 Å². The van der Waals surface area contributed by atoms with Crippen molar-refractivity contribution in [3.05, 3.63) is 57.3 Å². The van der Waals surface area contributed by atoms with Gasteiger partial charge in [-0.25, -0.2) is 15.0 Å². The van der Waals surface area contributed by atoms with E-state index < -0.39 is 0 Å². The predicted molar refractivity (Wildman–Crippen MR) is 122 cm³/mol. The first kappa shape index (κ1) is 20.8. The Hall–Kier alpha value is -2.51. The fraction of sp³-hybridized carbons (Fsp3) is 0.364. The number of likely N-dealkylation sites (tertiary alicyclic amines) is 1. The summed E-state index contributed by atoms with van der Waals surface area (Å²) < 4.78 is 0. The molecule has 1 aromatic carbocycles. The van der Waals surface area contributed by atoms with Crippen LogP contribution < -0.4 is 4.90 Å². The van der Waals surface area contributed by atoms with Gasteiger partial charge >= 0.3 is 0 Å². The molecule has 1 fully saturated rings. The average molecular weight is 442 g/mol. The molecule has 3 heterocycles. The standard InChI is InChI=1S/C22H24ClN5OS/c1-14-20(30-13-25-14)21(29)28-10-4-5-16(12-28)19-18(11-24-22(26-19)27(2)3)15-6-8-17(23)9-7-15/h6-9,11,13,16H,4-5,10,12H2,1-3H3/t16-/m1/s1. The predicted octanol–water partition coefficient (Wildman–Crippen LogP) is 4.65. The number of benzene rings is 1. The van der Waals surface area contributed by atoms with Gasteiger partial charge in [-0.2, -0.15) is 0 Å². The summed E-state index contributed by atoms with van der Waals surface area (Å²) in [7, 11) is 3.87. The minimum atomic E-state index is 0.0645. The molecule has 3 aromatic rings. The Balaban J connectivity index is 1.69. The average Bonchev–Trinajstić information content (AvgIpc) is 3.19. The number of amides is 1. The summed E-state index contributed by atoms with van der Waals surface area (Å²) in [6, 6.07) is 7.74. The third-order valence-electron chi connectivity index (χ3n) is 5.40. The molecule has 0 unspecified atom stereocenters. The molecule has 1 amide bonds. The van der Waals surface area contributed by atoms with E-state index in [1.54, 1.807) is 5.51 Å². The largest absolute Gasteiger partial charge is 0.347 e. The third kappa shape index (κ3) is 4.18. The molecule has 0 saturated carbocycles. The van der Waals surface area contributed by atoms with E-state index in [0.29, 0.717) is 17.5 Å². The van der Waals surface area contributed by atoms with Gasteiger partial charge in [0, 0.05) is 49.9 Å². The Morgan fingerprint density at radius 1 is 1.23 bits per heavy atom. The van der Waals surface area contributed by atoms with E-state index in [9.17, 15) is 4.79 Å². The molecule has 0 aliphatic carbocycles. The van der Waals surface area contributed by atoms with Crippen LogP contribution in [0.5, 0.6) is 0 Å². The number of carbonyl (C=O) groups excluding carboxylic acids is 1. The van der Waals surface area contributed by atoms with Crippen molar-refractivity contribution in [3.63, 3.8) is 0 Å². The van der Waals surface area contributed by atoms with Crippen LogP contribution in [0.2, 0.25) is 5.02 Å². The molecule has 4 rings (SSSR count). The van der Waals surface area contributed by atoms with Gasteiger partial charge in [0.05, 0.1) is 16.9 Å². The molecule has 156 valence electrons.